The van der Waals surface area contributed by atoms with Crippen LogP contribution < -0.4 is 5.73 Å². The van der Waals surface area contributed by atoms with Crippen LogP contribution in [-0.2, 0) is 0 Å². The lowest BCUT2D eigenvalue weighted by Gasteiger charge is -2.60. The molecule has 22 heavy (non-hydrogen) atoms. The van der Waals surface area contributed by atoms with Crippen molar-refractivity contribution in [3.05, 3.63) is 12.7 Å². The highest BCUT2D eigenvalue weighted by Gasteiger charge is 2.59. The third-order valence-corrected chi connectivity index (χ3v) is 8.67. The van der Waals surface area contributed by atoms with Crippen molar-refractivity contribution in [3.8, 4) is 0 Å². The van der Waals surface area contributed by atoms with E-state index in [4.69, 9.17) is 5.73 Å². The summed E-state index contributed by atoms with van der Waals surface area (Å²) < 4.78 is 0. The van der Waals surface area contributed by atoms with Crippen LogP contribution >= 0.6 is 0 Å². The maximum Gasteiger partial charge on any atom is 0.0188 e. The lowest BCUT2D eigenvalue weighted by Crippen LogP contribution is -2.58. The van der Waals surface area contributed by atoms with Crippen molar-refractivity contribution in [3.63, 3.8) is 0 Å². The molecule has 0 bridgehead atoms. The summed E-state index contributed by atoms with van der Waals surface area (Å²) in [6, 6.07) is 0. The van der Waals surface area contributed by atoms with Gasteiger partial charge in [-0.1, -0.05) is 25.8 Å². The minimum atomic E-state index is 0.173. The van der Waals surface area contributed by atoms with E-state index >= 15 is 0 Å². The molecule has 0 aromatic rings. The molecule has 0 radical (unpaired) electrons. The van der Waals surface area contributed by atoms with E-state index < -0.39 is 0 Å². The molecule has 0 saturated heterocycles. The Morgan fingerprint density at radius 3 is 2.68 bits per heavy atom. The summed E-state index contributed by atoms with van der Waals surface area (Å²) in [6.45, 7) is 6.69. The second-order valence-electron chi connectivity index (χ2n) is 9.42. The number of fused-ring (bicyclic) bond motifs is 5. The minimum absolute atomic E-state index is 0.173. The second kappa shape index (κ2) is 5.36. The molecule has 0 aromatic heterocycles. The summed E-state index contributed by atoms with van der Waals surface area (Å²) in [6.07, 6.45) is 17.7. The van der Waals surface area contributed by atoms with Gasteiger partial charge in [0.05, 0.1) is 0 Å². The van der Waals surface area contributed by atoms with Crippen LogP contribution in [0.4, 0.5) is 0 Å². The molecule has 0 heterocycles. The number of hydrogen-bond donors (Lipinski definition) is 1. The fourth-order valence-electron chi connectivity index (χ4n) is 7.69. The Kier molecular flexibility index (Phi) is 3.72. The van der Waals surface area contributed by atoms with E-state index in [2.05, 4.69) is 19.6 Å². The largest absolute Gasteiger partial charge is 0.325 e. The Bertz CT molecular complexity index is 443. The van der Waals surface area contributed by atoms with Gasteiger partial charge in [0, 0.05) is 5.54 Å². The summed E-state index contributed by atoms with van der Waals surface area (Å²) in [5.41, 5.74) is 7.78. The molecule has 4 aliphatic carbocycles. The molecule has 0 amide bonds. The van der Waals surface area contributed by atoms with Crippen molar-refractivity contribution in [2.24, 2.45) is 40.7 Å². The highest BCUT2D eigenvalue weighted by Crippen LogP contribution is 2.64. The summed E-state index contributed by atoms with van der Waals surface area (Å²) in [5.74, 6) is 4.54. The Morgan fingerprint density at radius 2 is 1.86 bits per heavy atom. The van der Waals surface area contributed by atoms with Gasteiger partial charge >= 0.3 is 0 Å². The minimum Gasteiger partial charge on any atom is -0.325 e. The molecule has 4 saturated carbocycles. The van der Waals surface area contributed by atoms with Crippen LogP contribution in [0.3, 0.4) is 0 Å². The van der Waals surface area contributed by atoms with Gasteiger partial charge in [0.15, 0.2) is 0 Å². The molecule has 7 atom stereocenters. The van der Waals surface area contributed by atoms with Crippen LogP contribution in [0.1, 0.15) is 77.6 Å². The van der Waals surface area contributed by atoms with Gasteiger partial charge < -0.3 is 5.73 Å². The van der Waals surface area contributed by atoms with Crippen LogP contribution in [-0.4, -0.2) is 5.54 Å². The van der Waals surface area contributed by atoms with Gasteiger partial charge in [-0.2, -0.15) is 0 Å². The first-order valence-corrected chi connectivity index (χ1v) is 9.98. The first-order chi connectivity index (χ1) is 10.6. The van der Waals surface area contributed by atoms with E-state index in [0.717, 1.165) is 29.6 Å². The number of hydrogen-bond acceptors (Lipinski definition) is 1. The van der Waals surface area contributed by atoms with E-state index in [1.165, 1.54) is 70.6 Å². The van der Waals surface area contributed by atoms with E-state index in [0.29, 0.717) is 5.41 Å². The van der Waals surface area contributed by atoms with Crippen LogP contribution in [0.25, 0.3) is 0 Å². The molecule has 2 unspecified atom stereocenters. The van der Waals surface area contributed by atoms with Gasteiger partial charge in [0.1, 0.15) is 0 Å². The number of allylic oxidation sites excluding steroid dienone is 1. The molecule has 1 nitrogen and oxygen atoms in total. The molecule has 1 heteroatoms. The van der Waals surface area contributed by atoms with Crippen molar-refractivity contribution >= 4 is 0 Å². The Morgan fingerprint density at radius 1 is 1.05 bits per heavy atom. The van der Waals surface area contributed by atoms with Gasteiger partial charge in [-0.25, -0.2) is 0 Å². The standard InChI is InChI=1S/C21H35N/c1-3-6-15-10-13-21(22)14-11-18-17(19(15)21)9-8-16-7-4-5-12-20(16,18)2/h3,15-19H,1,4-14,22H2,2H3/t15?,16?,17-,18+,19+,20+,21-/m1/s1. The molecular formula is C21H35N. The van der Waals surface area contributed by atoms with Crippen LogP contribution in [0.5, 0.6) is 0 Å². The fourth-order valence-corrected chi connectivity index (χ4v) is 7.69. The van der Waals surface area contributed by atoms with Gasteiger partial charge in [-0.3, -0.25) is 0 Å². The average Bonchev–Trinajstić information content (AvgIpc) is 2.84. The number of rotatable bonds is 2. The molecule has 0 aromatic carbocycles. The Hall–Kier alpha value is -0.300. The zero-order chi connectivity index (χ0) is 15.4. The van der Waals surface area contributed by atoms with Crippen molar-refractivity contribution in [2.45, 2.75) is 83.1 Å². The lowest BCUT2D eigenvalue weighted by atomic mass is 9.46. The third kappa shape index (κ3) is 2.07. The second-order valence-corrected chi connectivity index (χ2v) is 9.42. The summed E-state index contributed by atoms with van der Waals surface area (Å²) >= 11 is 0. The third-order valence-electron chi connectivity index (χ3n) is 8.67. The SMILES string of the molecule is C=CCC1CC[C@@]2(N)CC[C@H]3[C@@H](CCC4CCCC[C@@]43C)[C@H]12. The smallest absolute Gasteiger partial charge is 0.0188 e. The van der Waals surface area contributed by atoms with Crippen molar-refractivity contribution in [2.75, 3.05) is 0 Å². The van der Waals surface area contributed by atoms with Crippen LogP contribution in [0.15, 0.2) is 12.7 Å². The highest BCUT2D eigenvalue weighted by molar-refractivity contribution is 5.12. The van der Waals surface area contributed by atoms with Gasteiger partial charge in [0.2, 0.25) is 0 Å². The highest BCUT2D eigenvalue weighted by atomic mass is 14.8. The summed E-state index contributed by atoms with van der Waals surface area (Å²) in [7, 11) is 0. The zero-order valence-corrected chi connectivity index (χ0v) is 14.5. The molecule has 0 spiro atoms. The topological polar surface area (TPSA) is 26.0 Å². The molecule has 124 valence electrons. The van der Waals surface area contributed by atoms with Gasteiger partial charge in [0.25, 0.3) is 0 Å². The molecule has 2 N–H and O–H groups in total. The predicted octanol–water partition coefficient (Wildman–Crippen LogP) is 5.30. The van der Waals surface area contributed by atoms with Crippen LogP contribution in [0.2, 0.25) is 0 Å². The maximum atomic E-state index is 6.97. The predicted molar refractivity (Wildman–Crippen MR) is 93.5 cm³/mol. The average molecular weight is 302 g/mol. The molecule has 4 aliphatic rings. The molecular weight excluding hydrogens is 266 g/mol. The summed E-state index contributed by atoms with van der Waals surface area (Å²) in [5, 5.41) is 0. The Balaban J connectivity index is 1.65. The molecule has 0 aliphatic heterocycles. The Labute approximate surface area is 137 Å². The molecule has 4 fully saturated rings. The number of nitrogens with two attached hydrogens (primary N) is 1. The van der Waals surface area contributed by atoms with Crippen molar-refractivity contribution in [1.82, 2.24) is 0 Å². The fraction of sp³-hybridized carbons (Fsp3) is 0.905. The first-order valence-electron chi connectivity index (χ1n) is 9.98. The van der Waals surface area contributed by atoms with Gasteiger partial charge in [-0.05, 0) is 92.8 Å². The zero-order valence-electron chi connectivity index (χ0n) is 14.5. The van der Waals surface area contributed by atoms with Crippen LogP contribution in [0, 0.1) is 35.0 Å². The first kappa shape index (κ1) is 15.2. The van der Waals surface area contributed by atoms with E-state index in [1.807, 2.05) is 0 Å². The summed E-state index contributed by atoms with van der Waals surface area (Å²) in [4.78, 5) is 0. The van der Waals surface area contributed by atoms with Crippen molar-refractivity contribution in [1.29, 1.82) is 0 Å². The molecule has 4 rings (SSSR count). The normalized spacial score (nSPS) is 54.2. The van der Waals surface area contributed by atoms with E-state index in [-0.39, 0.29) is 5.54 Å². The van der Waals surface area contributed by atoms with Gasteiger partial charge in [-0.15, -0.1) is 6.58 Å². The van der Waals surface area contributed by atoms with E-state index in [1.54, 1.807) is 0 Å². The quantitative estimate of drug-likeness (QED) is 0.688. The monoisotopic (exact) mass is 301 g/mol. The lowest BCUT2D eigenvalue weighted by molar-refractivity contribution is -0.0962. The van der Waals surface area contributed by atoms with Crippen molar-refractivity contribution < 1.29 is 0 Å². The maximum absolute atomic E-state index is 6.97. The van der Waals surface area contributed by atoms with E-state index in [9.17, 15) is 0 Å².